The second-order valence-electron chi connectivity index (χ2n) is 3.52. The van der Waals surface area contributed by atoms with Gasteiger partial charge in [-0.25, -0.2) is 0 Å². The molecule has 0 fully saturated rings. The molecule has 0 bridgehead atoms. The summed E-state index contributed by atoms with van der Waals surface area (Å²) in [5.74, 6) is 0. The lowest BCUT2D eigenvalue weighted by molar-refractivity contribution is -0.844. The normalized spacial score (nSPS) is 15.8. The van der Waals surface area contributed by atoms with Gasteiger partial charge in [0, 0.05) is 0 Å². The molecule has 2 nitrogen and oxygen atoms in total. The summed E-state index contributed by atoms with van der Waals surface area (Å²) in [7, 11) is 0. The largest absolute Gasteiger partial charge is 0.870 e. The Labute approximate surface area is 88.1 Å². The van der Waals surface area contributed by atoms with Crippen molar-refractivity contribution >= 4 is 0 Å². The van der Waals surface area contributed by atoms with Crippen molar-refractivity contribution in [2.45, 2.75) is 33.7 Å². The summed E-state index contributed by atoms with van der Waals surface area (Å²) in [6.45, 7) is 13.3. The maximum atomic E-state index is 3.81. The van der Waals surface area contributed by atoms with Crippen LogP contribution in [-0.2, 0) is 0 Å². The van der Waals surface area contributed by atoms with E-state index < -0.39 is 0 Å². The number of rotatable bonds is 5. The van der Waals surface area contributed by atoms with Crippen molar-refractivity contribution < 1.29 is 9.96 Å². The van der Waals surface area contributed by atoms with Crippen molar-refractivity contribution in [2.24, 2.45) is 0 Å². The fourth-order valence-corrected chi connectivity index (χ4v) is 1.51. The third-order valence-corrected chi connectivity index (χ3v) is 2.26. The lowest BCUT2D eigenvalue weighted by atomic mass is 10.2. The molecule has 0 atom stereocenters. The van der Waals surface area contributed by atoms with Gasteiger partial charge in [0.25, 0.3) is 0 Å². The standard InChI is InChI=1S/C12H22N.H2O/c1-6-9-13(10-7-2,11-8-3)12(4)5;/h6-8,10-12H,1,9H2,2-5H3;1H2/q+1;/p-1. The third-order valence-electron chi connectivity index (χ3n) is 2.26. The second-order valence-corrected chi connectivity index (χ2v) is 3.52. The van der Waals surface area contributed by atoms with Gasteiger partial charge < -0.3 is 5.48 Å². The van der Waals surface area contributed by atoms with Gasteiger partial charge in [-0.1, -0.05) is 6.58 Å². The monoisotopic (exact) mass is 197 g/mol. The molecule has 0 aromatic rings. The highest BCUT2D eigenvalue weighted by Gasteiger charge is 2.23. The Morgan fingerprint density at radius 3 is 1.79 bits per heavy atom. The topological polar surface area (TPSA) is 30.0 Å². The molecule has 0 rings (SSSR count). The van der Waals surface area contributed by atoms with E-state index in [-0.39, 0.29) is 5.48 Å². The smallest absolute Gasteiger partial charge is 0.106 e. The van der Waals surface area contributed by atoms with Crippen molar-refractivity contribution in [3.8, 4) is 0 Å². The first kappa shape index (κ1) is 15.6. The Morgan fingerprint density at radius 1 is 1.14 bits per heavy atom. The first-order valence-corrected chi connectivity index (χ1v) is 4.88. The van der Waals surface area contributed by atoms with Gasteiger partial charge in [0.1, 0.15) is 6.54 Å². The number of quaternary nitrogens is 1. The van der Waals surface area contributed by atoms with Crippen molar-refractivity contribution in [3.05, 3.63) is 37.2 Å². The molecule has 0 amide bonds. The van der Waals surface area contributed by atoms with Crippen LogP contribution in [0.1, 0.15) is 27.7 Å². The molecular formula is C12H23NO. The molecule has 0 aromatic carbocycles. The van der Waals surface area contributed by atoms with E-state index >= 15 is 0 Å². The van der Waals surface area contributed by atoms with E-state index in [2.05, 4.69) is 58.8 Å². The Morgan fingerprint density at radius 2 is 1.57 bits per heavy atom. The molecule has 14 heavy (non-hydrogen) atoms. The SMILES string of the molecule is C=CC[N+](C=CC)(C=CC)C(C)C.[OH-]. The average Bonchev–Trinajstić information content (AvgIpc) is 2.05. The fourth-order valence-electron chi connectivity index (χ4n) is 1.51. The van der Waals surface area contributed by atoms with E-state index in [1.807, 2.05) is 6.08 Å². The first-order valence-electron chi connectivity index (χ1n) is 4.88. The van der Waals surface area contributed by atoms with Crippen LogP contribution in [0.4, 0.5) is 0 Å². The van der Waals surface area contributed by atoms with Crippen LogP contribution in [0, 0.1) is 0 Å². The van der Waals surface area contributed by atoms with E-state index in [1.165, 1.54) is 0 Å². The van der Waals surface area contributed by atoms with Crippen LogP contribution in [0.15, 0.2) is 37.2 Å². The zero-order chi connectivity index (χ0) is 10.3. The minimum Gasteiger partial charge on any atom is -0.870 e. The van der Waals surface area contributed by atoms with Crippen LogP contribution in [0.5, 0.6) is 0 Å². The maximum Gasteiger partial charge on any atom is 0.106 e. The highest BCUT2D eigenvalue weighted by Crippen LogP contribution is 2.16. The Bertz CT molecular complexity index is 192. The van der Waals surface area contributed by atoms with Gasteiger partial charge in [0.05, 0.1) is 18.4 Å². The lowest BCUT2D eigenvalue weighted by Gasteiger charge is -2.34. The summed E-state index contributed by atoms with van der Waals surface area (Å²) < 4.78 is 0.858. The summed E-state index contributed by atoms with van der Waals surface area (Å²) in [4.78, 5) is 0. The van der Waals surface area contributed by atoms with Gasteiger partial charge in [-0.2, -0.15) is 0 Å². The predicted octanol–water partition coefficient (Wildman–Crippen LogP) is 3.29. The molecule has 82 valence electrons. The number of allylic oxidation sites excluding steroid dienone is 2. The van der Waals surface area contributed by atoms with Crippen LogP contribution in [0.2, 0.25) is 0 Å². The van der Waals surface area contributed by atoms with E-state index in [0.717, 1.165) is 11.0 Å². The summed E-state index contributed by atoms with van der Waals surface area (Å²) in [5.41, 5.74) is 0. The summed E-state index contributed by atoms with van der Waals surface area (Å²) >= 11 is 0. The van der Waals surface area contributed by atoms with Crippen LogP contribution in [-0.4, -0.2) is 22.5 Å². The van der Waals surface area contributed by atoms with Gasteiger partial charge in [0.15, 0.2) is 0 Å². The van der Waals surface area contributed by atoms with Crippen molar-refractivity contribution in [3.63, 3.8) is 0 Å². The number of hydrogen-bond donors (Lipinski definition) is 0. The van der Waals surface area contributed by atoms with Gasteiger partial charge in [-0.05, 0) is 45.9 Å². The van der Waals surface area contributed by atoms with Crippen molar-refractivity contribution in [1.82, 2.24) is 0 Å². The average molecular weight is 197 g/mol. The molecule has 0 aliphatic rings. The molecule has 0 aliphatic carbocycles. The van der Waals surface area contributed by atoms with Crippen molar-refractivity contribution in [1.29, 1.82) is 0 Å². The maximum absolute atomic E-state index is 3.81. The van der Waals surface area contributed by atoms with Crippen LogP contribution in [0.3, 0.4) is 0 Å². The van der Waals surface area contributed by atoms with E-state index in [1.54, 1.807) is 0 Å². The van der Waals surface area contributed by atoms with Gasteiger partial charge in [0.2, 0.25) is 0 Å². The molecule has 0 spiro atoms. The molecule has 0 unspecified atom stereocenters. The second kappa shape index (κ2) is 7.54. The van der Waals surface area contributed by atoms with E-state index in [0.29, 0.717) is 6.04 Å². The minimum atomic E-state index is 0. The van der Waals surface area contributed by atoms with Crippen LogP contribution in [0.25, 0.3) is 0 Å². The first-order chi connectivity index (χ1) is 6.13. The molecule has 0 aromatic heterocycles. The summed E-state index contributed by atoms with van der Waals surface area (Å²) in [6.07, 6.45) is 10.6. The Balaban J connectivity index is 0. The highest BCUT2D eigenvalue weighted by atomic mass is 16.0. The van der Waals surface area contributed by atoms with E-state index in [4.69, 9.17) is 0 Å². The number of nitrogens with zero attached hydrogens (tertiary/aromatic N) is 1. The molecular weight excluding hydrogens is 174 g/mol. The Hall–Kier alpha value is -0.860. The highest BCUT2D eigenvalue weighted by molar-refractivity contribution is 4.83. The molecule has 0 saturated carbocycles. The zero-order valence-corrected chi connectivity index (χ0v) is 9.77. The number of hydrogen-bond acceptors (Lipinski definition) is 1. The van der Waals surface area contributed by atoms with Gasteiger partial charge >= 0.3 is 0 Å². The molecule has 0 heterocycles. The van der Waals surface area contributed by atoms with Crippen LogP contribution >= 0.6 is 0 Å². The predicted molar refractivity (Wildman–Crippen MR) is 62.0 cm³/mol. The van der Waals surface area contributed by atoms with Crippen LogP contribution < -0.4 is 0 Å². The third kappa shape index (κ3) is 3.90. The van der Waals surface area contributed by atoms with Gasteiger partial charge in [-0.15, -0.1) is 0 Å². The lowest BCUT2D eigenvalue weighted by Crippen LogP contribution is -2.43. The zero-order valence-electron chi connectivity index (χ0n) is 9.77. The fraction of sp³-hybridized carbons (Fsp3) is 0.500. The summed E-state index contributed by atoms with van der Waals surface area (Å²) in [5, 5.41) is 0. The molecule has 2 heteroatoms. The van der Waals surface area contributed by atoms with Crippen molar-refractivity contribution in [2.75, 3.05) is 6.54 Å². The summed E-state index contributed by atoms with van der Waals surface area (Å²) in [6, 6.07) is 0.547. The van der Waals surface area contributed by atoms with Gasteiger partial charge in [-0.3, -0.25) is 4.48 Å². The minimum absolute atomic E-state index is 0. The molecule has 0 radical (unpaired) electrons. The molecule has 0 aliphatic heterocycles. The molecule has 0 saturated heterocycles. The Kier molecular flexibility index (Phi) is 8.40. The molecule has 1 N–H and O–H groups in total. The quantitative estimate of drug-likeness (QED) is 0.491. The van der Waals surface area contributed by atoms with E-state index in [9.17, 15) is 0 Å².